The van der Waals surface area contributed by atoms with Crippen molar-refractivity contribution < 1.29 is 4.39 Å². The molecule has 0 spiro atoms. The zero-order chi connectivity index (χ0) is 13.0. The molecule has 18 heavy (non-hydrogen) atoms. The van der Waals surface area contributed by atoms with Gasteiger partial charge in [-0.05, 0) is 38.6 Å². The minimum Gasteiger partial charge on any atom is -0.311 e. The first-order valence-electron chi connectivity index (χ1n) is 6.51. The Labute approximate surface area is 117 Å². The lowest BCUT2D eigenvalue weighted by Crippen LogP contribution is -2.42. The fraction of sp³-hybridized carbons (Fsp3) is 0.571. The van der Waals surface area contributed by atoms with Crippen LogP contribution in [-0.4, -0.2) is 31.1 Å². The van der Waals surface area contributed by atoms with E-state index in [2.05, 4.69) is 33.2 Å². The van der Waals surface area contributed by atoms with Crippen molar-refractivity contribution in [3.05, 3.63) is 34.1 Å². The number of hydrogen-bond acceptors (Lipinski definition) is 2. The first-order chi connectivity index (χ1) is 8.66. The first kappa shape index (κ1) is 14.0. The molecule has 1 unspecified atom stereocenters. The number of benzene rings is 1. The van der Waals surface area contributed by atoms with Crippen LogP contribution in [0.4, 0.5) is 4.39 Å². The van der Waals surface area contributed by atoms with Crippen molar-refractivity contribution in [2.24, 2.45) is 0 Å². The fourth-order valence-corrected chi connectivity index (χ4v) is 2.77. The van der Waals surface area contributed by atoms with Crippen LogP contribution in [0.15, 0.2) is 22.7 Å². The Morgan fingerprint density at radius 2 is 2.28 bits per heavy atom. The summed E-state index contributed by atoms with van der Waals surface area (Å²) in [5.41, 5.74) is 0.733. The molecular formula is C14H20BrFN2. The van der Waals surface area contributed by atoms with Crippen LogP contribution >= 0.6 is 15.9 Å². The van der Waals surface area contributed by atoms with Crippen molar-refractivity contribution in [2.45, 2.75) is 31.8 Å². The second kappa shape index (κ2) is 6.64. The molecule has 1 aromatic carbocycles. The van der Waals surface area contributed by atoms with E-state index in [1.807, 2.05) is 12.1 Å². The van der Waals surface area contributed by atoms with Crippen LogP contribution < -0.4 is 5.32 Å². The van der Waals surface area contributed by atoms with E-state index in [0.29, 0.717) is 12.6 Å². The van der Waals surface area contributed by atoms with Gasteiger partial charge in [-0.3, -0.25) is 0 Å². The van der Waals surface area contributed by atoms with Gasteiger partial charge in [0.25, 0.3) is 0 Å². The van der Waals surface area contributed by atoms with Crippen LogP contribution in [0.2, 0.25) is 0 Å². The van der Waals surface area contributed by atoms with E-state index in [1.54, 1.807) is 0 Å². The summed E-state index contributed by atoms with van der Waals surface area (Å²) < 4.78 is 14.4. The zero-order valence-electron chi connectivity index (χ0n) is 10.8. The molecule has 1 aliphatic heterocycles. The maximum atomic E-state index is 13.6. The lowest BCUT2D eigenvalue weighted by atomic mass is 10.0. The lowest BCUT2D eigenvalue weighted by molar-refractivity contribution is 0.181. The highest BCUT2D eigenvalue weighted by Crippen LogP contribution is 2.16. The number of likely N-dealkylation sites (N-methyl/N-ethyl adjacent to an activating group) is 1. The van der Waals surface area contributed by atoms with Gasteiger partial charge >= 0.3 is 0 Å². The van der Waals surface area contributed by atoms with Gasteiger partial charge in [-0.25, -0.2) is 4.39 Å². The number of nitrogens with one attached hydrogen (secondary N) is 1. The van der Waals surface area contributed by atoms with E-state index in [1.165, 1.54) is 31.9 Å². The van der Waals surface area contributed by atoms with Crippen molar-refractivity contribution in [1.29, 1.82) is 0 Å². The summed E-state index contributed by atoms with van der Waals surface area (Å²) in [5.74, 6) is -0.145. The molecule has 0 saturated carbocycles. The Morgan fingerprint density at radius 1 is 1.44 bits per heavy atom. The Balaban J connectivity index is 1.81. The average Bonchev–Trinajstić information content (AvgIpc) is 2.34. The number of likely N-dealkylation sites (tertiary alicyclic amines) is 1. The predicted octanol–water partition coefficient (Wildman–Crippen LogP) is 3.16. The highest BCUT2D eigenvalue weighted by molar-refractivity contribution is 9.10. The number of piperidine rings is 1. The third-order valence-electron chi connectivity index (χ3n) is 3.63. The molecule has 0 amide bonds. The molecule has 4 heteroatoms. The third kappa shape index (κ3) is 3.77. The second-order valence-corrected chi connectivity index (χ2v) is 5.91. The van der Waals surface area contributed by atoms with Gasteiger partial charge in [-0.15, -0.1) is 0 Å². The molecule has 100 valence electrons. The molecular weight excluding hydrogens is 295 g/mol. The van der Waals surface area contributed by atoms with Gasteiger partial charge in [-0.1, -0.05) is 28.4 Å². The molecule has 1 N–H and O–H groups in total. The van der Waals surface area contributed by atoms with Gasteiger partial charge in [0.2, 0.25) is 0 Å². The Bertz CT molecular complexity index is 397. The first-order valence-corrected chi connectivity index (χ1v) is 7.31. The van der Waals surface area contributed by atoms with Crippen LogP contribution in [0, 0.1) is 5.82 Å². The van der Waals surface area contributed by atoms with Crippen molar-refractivity contribution >= 4 is 15.9 Å². The fourth-order valence-electron chi connectivity index (χ4n) is 2.44. The monoisotopic (exact) mass is 314 g/mol. The maximum Gasteiger partial charge on any atom is 0.128 e. The second-order valence-electron chi connectivity index (χ2n) is 5.00. The minimum atomic E-state index is -0.145. The van der Waals surface area contributed by atoms with E-state index < -0.39 is 0 Å². The molecule has 0 aromatic heterocycles. The summed E-state index contributed by atoms with van der Waals surface area (Å²) in [6, 6.07) is 5.82. The minimum absolute atomic E-state index is 0.145. The summed E-state index contributed by atoms with van der Waals surface area (Å²) in [6.07, 6.45) is 3.85. The summed E-state index contributed by atoms with van der Waals surface area (Å²) >= 11 is 3.27. The largest absolute Gasteiger partial charge is 0.311 e. The Kier molecular flexibility index (Phi) is 5.15. The standard InChI is InChI=1S/C14H20BrFN2/c1-18-7-3-2-4-13(18)10-17-9-11-5-6-12(15)8-14(11)16/h5-6,8,13,17H,2-4,7,9-10H2,1H3. The molecule has 0 aliphatic carbocycles. The maximum absolute atomic E-state index is 13.6. The van der Waals surface area contributed by atoms with E-state index >= 15 is 0 Å². The molecule has 1 saturated heterocycles. The van der Waals surface area contributed by atoms with Crippen molar-refractivity contribution in [2.75, 3.05) is 20.1 Å². The van der Waals surface area contributed by atoms with E-state index in [9.17, 15) is 4.39 Å². The van der Waals surface area contributed by atoms with Gasteiger partial charge in [0.1, 0.15) is 5.82 Å². The number of hydrogen-bond donors (Lipinski definition) is 1. The molecule has 1 aromatic rings. The van der Waals surface area contributed by atoms with Crippen molar-refractivity contribution in [3.63, 3.8) is 0 Å². The van der Waals surface area contributed by atoms with E-state index in [4.69, 9.17) is 0 Å². The van der Waals surface area contributed by atoms with Crippen molar-refractivity contribution in [3.8, 4) is 0 Å². The Hall–Kier alpha value is -0.450. The van der Waals surface area contributed by atoms with Gasteiger partial charge < -0.3 is 10.2 Å². The molecule has 0 radical (unpaired) electrons. The molecule has 1 atom stereocenters. The van der Waals surface area contributed by atoms with Gasteiger partial charge in [0, 0.05) is 29.2 Å². The highest BCUT2D eigenvalue weighted by atomic mass is 79.9. The Morgan fingerprint density at radius 3 is 3.00 bits per heavy atom. The summed E-state index contributed by atoms with van der Waals surface area (Å²) in [7, 11) is 2.17. The van der Waals surface area contributed by atoms with Gasteiger partial charge in [-0.2, -0.15) is 0 Å². The topological polar surface area (TPSA) is 15.3 Å². The van der Waals surface area contributed by atoms with Crippen LogP contribution in [0.1, 0.15) is 24.8 Å². The zero-order valence-corrected chi connectivity index (χ0v) is 12.3. The molecule has 1 aliphatic rings. The highest BCUT2D eigenvalue weighted by Gasteiger charge is 2.18. The van der Waals surface area contributed by atoms with Gasteiger partial charge in [0.15, 0.2) is 0 Å². The normalized spacial score (nSPS) is 21.2. The molecule has 2 rings (SSSR count). The molecule has 2 nitrogen and oxygen atoms in total. The third-order valence-corrected chi connectivity index (χ3v) is 4.13. The average molecular weight is 315 g/mol. The smallest absolute Gasteiger partial charge is 0.128 e. The molecule has 1 heterocycles. The summed E-state index contributed by atoms with van der Waals surface area (Å²) in [6.45, 7) is 2.72. The van der Waals surface area contributed by atoms with Crippen LogP contribution in [0.25, 0.3) is 0 Å². The number of nitrogens with zero attached hydrogens (tertiary/aromatic N) is 1. The molecule has 0 bridgehead atoms. The van der Waals surface area contributed by atoms with Crippen molar-refractivity contribution in [1.82, 2.24) is 10.2 Å². The van der Waals surface area contributed by atoms with E-state index in [-0.39, 0.29) is 5.82 Å². The van der Waals surface area contributed by atoms with Crippen LogP contribution in [0.5, 0.6) is 0 Å². The lowest BCUT2D eigenvalue weighted by Gasteiger charge is -2.32. The van der Waals surface area contributed by atoms with E-state index in [0.717, 1.165) is 16.6 Å². The number of rotatable bonds is 4. The van der Waals surface area contributed by atoms with Crippen LogP contribution in [-0.2, 0) is 6.54 Å². The molecule has 1 fully saturated rings. The summed E-state index contributed by atoms with van der Waals surface area (Å²) in [4.78, 5) is 2.40. The summed E-state index contributed by atoms with van der Waals surface area (Å²) in [5, 5.41) is 3.37. The number of halogens is 2. The van der Waals surface area contributed by atoms with Crippen LogP contribution in [0.3, 0.4) is 0 Å². The van der Waals surface area contributed by atoms with Gasteiger partial charge in [0.05, 0.1) is 0 Å². The SMILES string of the molecule is CN1CCCCC1CNCc1ccc(Br)cc1F. The predicted molar refractivity (Wildman–Crippen MR) is 76.1 cm³/mol. The quantitative estimate of drug-likeness (QED) is 0.918.